The first-order valence-corrected chi connectivity index (χ1v) is 9.82. The van der Waals surface area contributed by atoms with Crippen LogP contribution >= 0.6 is 23.2 Å². The second kappa shape index (κ2) is 11.5. The number of halogens is 4. The number of esters is 1. The maximum atomic E-state index is 13.6. The van der Waals surface area contributed by atoms with E-state index < -0.39 is 29.1 Å². The second-order valence-electron chi connectivity index (χ2n) is 6.03. The maximum Gasteiger partial charge on any atom is 0.326 e. The second-order valence-corrected chi connectivity index (χ2v) is 6.85. The van der Waals surface area contributed by atoms with Crippen molar-refractivity contribution < 1.29 is 32.6 Å². The third-order valence-electron chi connectivity index (χ3n) is 3.75. The zero-order valence-electron chi connectivity index (χ0n) is 16.3. The Labute approximate surface area is 186 Å². The molecule has 2 aromatic rings. The smallest absolute Gasteiger partial charge is 0.326 e. The number of carbonyl (C=O) groups excluding carboxylic acids is 3. The summed E-state index contributed by atoms with van der Waals surface area (Å²) in [7, 11) is 0. The van der Waals surface area contributed by atoms with Gasteiger partial charge in [-0.05, 0) is 37.6 Å². The molecular weight excluding hydrogens is 457 g/mol. The molecule has 2 aromatic carbocycles. The van der Waals surface area contributed by atoms with Crippen molar-refractivity contribution in [3.05, 3.63) is 57.6 Å². The highest BCUT2D eigenvalue weighted by molar-refractivity contribution is 6.37. The maximum absolute atomic E-state index is 13.6. The molecule has 0 saturated heterocycles. The summed E-state index contributed by atoms with van der Waals surface area (Å²) in [5.74, 6) is -3.69. The summed E-state index contributed by atoms with van der Waals surface area (Å²) >= 11 is 12.2. The number of benzene rings is 2. The first-order valence-electron chi connectivity index (χ1n) is 9.06. The van der Waals surface area contributed by atoms with Crippen LogP contribution in [0.25, 0.3) is 0 Å². The van der Waals surface area contributed by atoms with E-state index in [1.807, 2.05) is 5.32 Å². The van der Waals surface area contributed by atoms with Crippen LogP contribution in [0.2, 0.25) is 10.0 Å². The number of hydrogen-bond donors (Lipinski definition) is 2. The molecule has 7 nitrogen and oxygen atoms in total. The predicted molar refractivity (Wildman–Crippen MR) is 111 cm³/mol. The normalized spacial score (nSPS) is 10.4. The molecule has 0 unspecified atom stereocenters. The van der Waals surface area contributed by atoms with Crippen molar-refractivity contribution in [3.8, 4) is 5.75 Å². The molecule has 11 heteroatoms. The van der Waals surface area contributed by atoms with Crippen LogP contribution in [-0.4, -0.2) is 31.1 Å². The van der Waals surface area contributed by atoms with Crippen molar-refractivity contribution in [2.45, 2.75) is 19.8 Å². The number of imide groups is 1. The summed E-state index contributed by atoms with van der Waals surface area (Å²) in [6.45, 7) is 2.15. The third kappa shape index (κ3) is 7.08. The molecule has 0 atom stereocenters. The van der Waals surface area contributed by atoms with Crippen LogP contribution < -0.4 is 15.4 Å². The summed E-state index contributed by atoms with van der Waals surface area (Å²) in [5.41, 5.74) is -0.784. The molecule has 0 spiro atoms. The summed E-state index contributed by atoms with van der Waals surface area (Å²) in [6.07, 6.45) is 0.544. The molecule has 0 aliphatic heterocycles. The number of ether oxygens (including phenoxy) is 2. The average molecular weight is 475 g/mol. The first kappa shape index (κ1) is 24.4. The van der Waals surface area contributed by atoms with Crippen molar-refractivity contribution in [1.29, 1.82) is 0 Å². The fraction of sp³-hybridized carbons (Fsp3) is 0.250. The van der Waals surface area contributed by atoms with E-state index in [1.54, 1.807) is 6.92 Å². The van der Waals surface area contributed by atoms with Gasteiger partial charge in [0.2, 0.25) is 0 Å². The standard InChI is InChI=1S/C20H18Cl2F2N2O5/c1-2-30-16(27)7-4-8-31-18-12(21)9-11(10-13(18)22)25-20(29)26-19(28)17-14(23)5-3-6-15(17)24/h3,5-6,9-10H,2,4,7-8H2,1H3,(H2,25,26,28,29). The molecular formula is C20H18Cl2F2N2O5. The van der Waals surface area contributed by atoms with E-state index in [0.29, 0.717) is 13.0 Å². The number of nitrogens with one attached hydrogen (secondary N) is 2. The number of carbonyl (C=O) groups is 3. The Morgan fingerprint density at radius 2 is 1.68 bits per heavy atom. The zero-order chi connectivity index (χ0) is 23.0. The monoisotopic (exact) mass is 474 g/mol. The summed E-state index contributed by atoms with van der Waals surface area (Å²) in [6, 6.07) is 4.43. The molecule has 0 bridgehead atoms. The molecule has 0 heterocycles. The van der Waals surface area contributed by atoms with E-state index >= 15 is 0 Å². The van der Waals surface area contributed by atoms with Crippen LogP contribution in [-0.2, 0) is 9.53 Å². The Bertz CT molecular complexity index is 945. The van der Waals surface area contributed by atoms with Crippen LogP contribution in [0.15, 0.2) is 30.3 Å². The minimum atomic E-state index is -1.26. The van der Waals surface area contributed by atoms with Crippen molar-refractivity contribution >= 4 is 46.8 Å². The van der Waals surface area contributed by atoms with Gasteiger partial charge in [-0.25, -0.2) is 13.6 Å². The molecule has 0 aromatic heterocycles. The van der Waals surface area contributed by atoms with E-state index in [1.165, 1.54) is 12.1 Å². The summed E-state index contributed by atoms with van der Waals surface area (Å²) in [4.78, 5) is 35.3. The van der Waals surface area contributed by atoms with Gasteiger partial charge in [-0.2, -0.15) is 0 Å². The Kier molecular flexibility index (Phi) is 9.02. The molecule has 2 N–H and O–H groups in total. The molecule has 0 saturated carbocycles. The van der Waals surface area contributed by atoms with Crippen molar-refractivity contribution in [2.24, 2.45) is 0 Å². The van der Waals surface area contributed by atoms with Crippen molar-refractivity contribution in [2.75, 3.05) is 18.5 Å². The minimum absolute atomic E-state index is 0.0606. The largest absolute Gasteiger partial charge is 0.490 e. The van der Waals surface area contributed by atoms with Crippen molar-refractivity contribution in [3.63, 3.8) is 0 Å². The van der Waals surface area contributed by atoms with Gasteiger partial charge in [-0.3, -0.25) is 14.9 Å². The molecule has 31 heavy (non-hydrogen) atoms. The SMILES string of the molecule is CCOC(=O)CCCOc1c(Cl)cc(NC(=O)NC(=O)c2c(F)cccc2F)cc1Cl. The van der Waals surface area contributed by atoms with Crippen LogP contribution in [0.4, 0.5) is 19.3 Å². The number of hydrogen-bond acceptors (Lipinski definition) is 5. The van der Waals surface area contributed by atoms with Gasteiger partial charge in [0.05, 0.1) is 23.3 Å². The quantitative estimate of drug-likeness (QED) is 0.416. The Balaban J connectivity index is 1.96. The number of urea groups is 1. The Morgan fingerprint density at radius 3 is 2.26 bits per heavy atom. The molecule has 3 amide bonds. The molecule has 0 aliphatic rings. The van der Waals surface area contributed by atoms with Gasteiger partial charge in [-0.15, -0.1) is 0 Å². The highest BCUT2D eigenvalue weighted by atomic mass is 35.5. The van der Waals surface area contributed by atoms with Crippen LogP contribution in [0, 0.1) is 11.6 Å². The third-order valence-corrected chi connectivity index (χ3v) is 4.31. The van der Waals surface area contributed by atoms with E-state index in [4.69, 9.17) is 32.7 Å². The van der Waals surface area contributed by atoms with E-state index in [-0.39, 0.29) is 40.5 Å². The Morgan fingerprint density at radius 1 is 1.06 bits per heavy atom. The molecule has 2 rings (SSSR count). The van der Waals surface area contributed by atoms with Crippen LogP contribution in [0.1, 0.15) is 30.1 Å². The van der Waals surface area contributed by atoms with Gasteiger partial charge in [0.25, 0.3) is 5.91 Å². The minimum Gasteiger partial charge on any atom is -0.490 e. The topological polar surface area (TPSA) is 93.7 Å². The lowest BCUT2D eigenvalue weighted by molar-refractivity contribution is -0.143. The lowest BCUT2D eigenvalue weighted by Gasteiger charge is -2.13. The van der Waals surface area contributed by atoms with E-state index in [0.717, 1.165) is 18.2 Å². The average Bonchev–Trinajstić information content (AvgIpc) is 2.66. The summed E-state index contributed by atoms with van der Waals surface area (Å²) in [5, 5.41) is 4.22. The van der Waals surface area contributed by atoms with Gasteiger partial charge in [-0.1, -0.05) is 29.3 Å². The molecule has 0 fully saturated rings. The van der Waals surface area contributed by atoms with Gasteiger partial charge in [0.15, 0.2) is 5.75 Å². The number of rotatable bonds is 8. The number of anilines is 1. The van der Waals surface area contributed by atoms with Gasteiger partial charge < -0.3 is 14.8 Å². The number of amides is 3. The van der Waals surface area contributed by atoms with Gasteiger partial charge in [0, 0.05) is 12.1 Å². The van der Waals surface area contributed by atoms with E-state index in [2.05, 4.69) is 5.32 Å². The summed E-state index contributed by atoms with van der Waals surface area (Å²) < 4.78 is 37.5. The Hall–Kier alpha value is -2.91. The highest BCUT2D eigenvalue weighted by Gasteiger charge is 2.20. The first-order chi connectivity index (χ1) is 14.7. The fourth-order valence-electron chi connectivity index (χ4n) is 2.44. The molecule has 0 aliphatic carbocycles. The highest BCUT2D eigenvalue weighted by Crippen LogP contribution is 2.36. The molecule has 166 valence electrons. The lowest BCUT2D eigenvalue weighted by Crippen LogP contribution is -2.35. The van der Waals surface area contributed by atoms with Gasteiger partial charge >= 0.3 is 12.0 Å². The molecule has 0 radical (unpaired) electrons. The zero-order valence-corrected chi connectivity index (χ0v) is 17.8. The predicted octanol–water partition coefficient (Wildman–Crippen LogP) is 4.96. The van der Waals surface area contributed by atoms with Crippen LogP contribution in [0.3, 0.4) is 0 Å². The lowest BCUT2D eigenvalue weighted by atomic mass is 10.2. The fourth-order valence-corrected chi connectivity index (χ4v) is 3.03. The van der Waals surface area contributed by atoms with Gasteiger partial charge in [0.1, 0.15) is 17.2 Å². The van der Waals surface area contributed by atoms with E-state index in [9.17, 15) is 23.2 Å². The van der Waals surface area contributed by atoms with Crippen LogP contribution in [0.5, 0.6) is 5.75 Å². The van der Waals surface area contributed by atoms with Crippen molar-refractivity contribution in [1.82, 2.24) is 5.32 Å².